The second kappa shape index (κ2) is 6.91. The van der Waals surface area contributed by atoms with Crippen molar-refractivity contribution in [3.05, 3.63) is 0 Å². The van der Waals surface area contributed by atoms with E-state index in [1.807, 2.05) is 0 Å². The molecule has 0 bridgehead atoms. The van der Waals surface area contributed by atoms with E-state index in [9.17, 15) is 0 Å². The molecule has 2 nitrogen and oxygen atoms in total. The maximum atomic E-state index is 6.26. The van der Waals surface area contributed by atoms with E-state index in [0.29, 0.717) is 5.54 Å². The van der Waals surface area contributed by atoms with Gasteiger partial charge in [-0.25, -0.2) is 0 Å². The quantitative estimate of drug-likeness (QED) is 0.830. The number of likely N-dealkylation sites (tertiary alicyclic amines) is 1. The lowest BCUT2D eigenvalue weighted by Crippen LogP contribution is -2.59. The minimum atomic E-state index is 0.349. The molecule has 1 heterocycles. The van der Waals surface area contributed by atoms with Gasteiger partial charge < -0.3 is 5.73 Å². The van der Waals surface area contributed by atoms with Crippen LogP contribution in [0.4, 0.5) is 0 Å². The third-order valence-electron chi connectivity index (χ3n) is 5.37. The van der Waals surface area contributed by atoms with Crippen molar-refractivity contribution in [2.75, 3.05) is 13.1 Å². The molecule has 0 aromatic carbocycles. The highest BCUT2D eigenvalue weighted by Crippen LogP contribution is 2.36. The van der Waals surface area contributed by atoms with Gasteiger partial charge in [0.15, 0.2) is 0 Å². The highest BCUT2D eigenvalue weighted by molar-refractivity contribution is 4.96. The minimum absolute atomic E-state index is 0.349. The van der Waals surface area contributed by atoms with Gasteiger partial charge in [-0.2, -0.15) is 0 Å². The average Bonchev–Trinajstić information content (AvgIpc) is 2.39. The first-order valence-electron chi connectivity index (χ1n) is 8.29. The van der Waals surface area contributed by atoms with Crippen LogP contribution in [0.3, 0.4) is 0 Å². The zero-order valence-electron chi connectivity index (χ0n) is 12.3. The molecule has 1 aliphatic carbocycles. The first-order chi connectivity index (χ1) is 8.82. The van der Waals surface area contributed by atoms with Gasteiger partial charge in [0.25, 0.3) is 0 Å². The first kappa shape index (κ1) is 14.3. The summed E-state index contributed by atoms with van der Waals surface area (Å²) in [6.07, 6.45) is 15.3. The maximum Gasteiger partial charge on any atom is 0.0334 e. The average molecular weight is 252 g/mol. The van der Waals surface area contributed by atoms with E-state index in [-0.39, 0.29) is 0 Å². The molecule has 2 rings (SSSR count). The molecule has 2 fully saturated rings. The summed E-state index contributed by atoms with van der Waals surface area (Å²) in [6, 6.07) is 0.807. The lowest BCUT2D eigenvalue weighted by atomic mass is 9.79. The van der Waals surface area contributed by atoms with Crippen LogP contribution in [0.2, 0.25) is 0 Å². The Balaban J connectivity index is 2.11. The molecule has 18 heavy (non-hydrogen) atoms. The summed E-state index contributed by atoms with van der Waals surface area (Å²) in [5.74, 6) is 0. The van der Waals surface area contributed by atoms with E-state index in [4.69, 9.17) is 5.73 Å². The maximum absolute atomic E-state index is 6.26. The SMILES string of the molecule is CCC1CCCCN1C1(CN)CCCCCCC1. The van der Waals surface area contributed by atoms with Gasteiger partial charge in [0.2, 0.25) is 0 Å². The van der Waals surface area contributed by atoms with Crippen molar-refractivity contribution in [3.63, 3.8) is 0 Å². The molecule has 0 amide bonds. The van der Waals surface area contributed by atoms with Crippen LogP contribution in [-0.4, -0.2) is 29.6 Å². The Labute approximate surface area is 113 Å². The summed E-state index contributed by atoms with van der Waals surface area (Å²) in [4.78, 5) is 2.84. The van der Waals surface area contributed by atoms with Crippen molar-refractivity contribution >= 4 is 0 Å². The lowest BCUT2D eigenvalue weighted by molar-refractivity contribution is 0.00265. The van der Waals surface area contributed by atoms with Gasteiger partial charge in [0.05, 0.1) is 0 Å². The Morgan fingerprint density at radius 1 is 1.00 bits per heavy atom. The van der Waals surface area contributed by atoms with E-state index >= 15 is 0 Å². The van der Waals surface area contributed by atoms with Gasteiger partial charge >= 0.3 is 0 Å². The van der Waals surface area contributed by atoms with E-state index in [0.717, 1.165) is 12.6 Å². The fourth-order valence-corrected chi connectivity index (χ4v) is 4.22. The molecule has 0 aromatic heterocycles. The monoisotopic (exact) mass is 252 g/mol. The molecular weight excluding hydrogens is 220 g/mol. The summed E-state index contributed by atoms with van der Waals surface area (Å²) >= 11 is 0. The van der Waals surface area contributed by atoms with Crippen LogP contribution < -0.4 is 5.73 Å². The number of piperidine rings is 1. The first-order valence-corrected chi connectivity index (χ1v) is 8.29. The molecule has 1 saturated heterocycles. The fraction of sp³-hybridized carbons (Fsp3) is 1.00. The smallest absolute Gasteiger partial charge is 0.0334 e. The van der Waals surface area contributed by atoms with Gasteiger partial charge in [0, 0.05) is 18.1 Å². The van der Waals surface area contributed by atoms with Crippen molar-refractivity contribution < 1.29 is 0 Å². The van der Waals surface area contributed by atoms with Crippen molar-refractivity contribution in [2.45, 2.75) is 89.1 Å². The van der Waals surface area contributed by atoms with Crippen LogP contribution in [0.15, 0.2) is 0 Å². The van der Waals surface area contributed by atoms with Crippen LogP contribution in [0.25, 0.3) is 0 Å². The van der Waals surface area contributed by atoms with Gasteiger partial charge in [-0.05, 0) is 38.6 Å². The molecule has 2 N–H and O–H groups in total. The molecule has 0 radical (unpaired) electrons. The molecule has 1 aliphatic heterocycles. The third kappa shape index (κ3) is 3.08. The van der Waals surface area contributed by atoms with E-state index < -0.39 is 0 Å². The van der Waals surface area contributed by atoms with Gasteiger partial charge in [-0.15, -0.1) is 0 Å². The topological polar surface area (TPSA) is 29.3 Å². The van der Waals surface area contributed by atoms with E-state index in [1.54, 1.807) is 0 Å². The summed E-state index contributed by atoms with van der Waals surface area (Å²) < 4.78 is 0. The molecule has 1 saturated carbocycles. The summed E-state index contributed by atoms with van der Waals surface area (Å²) in [5, 5.41) is 0. The van der Waals surface area contributed by atoms with Crippen LogP contribution in [0, 0.1) is 0 Å². The number of nitrogens with two attached hydrogens (primary N) is 1. The highest BCUT2D eigenvalue weighted by atomic mass is 15.2. The van der Waals surface area contributed by atoms with Crippen molar-refractivity contribution in [3.8, 4) is 0 Å². The van der Waals surface area contributed by atoms with Gasteiger partial charge in [-0.3, -0.25) is 4.90 Å². The Morgan fingerprint density at radius 2 is 1.67 bits per heavy atom. The van der Waals surface area contributed by atoms with Crippen molar-refractivity contribution in [1.82, 2.24) is 4.90 Å². The molecule has 1 unspecified atom stereocenters. The van der Waals surface area contributed by atoms with E-state index in [2.05, 4.69) is 11.8 Å². The predicted molar refractivity (Wildman–Crippen MR) is 78.7 cm³/mol. The normalized spacial score (nSPS) is 30.7. The lowest BCUT2D eigenvalue weighted by Gasteiger charge is -2.50. The number of nitrogens with zero attached hydrogens (tertiary/aromatic N) is 1. The number of hydrogen-bond donors (Lipinski definition) is 1. The zero-order chi connectivity index (χ0) is 12.8. The summed E-state index contributed by atoms with van der Waals surface area (Å²) in [6.45, 7) is 4.54. The molecule has 0 aromatic rings. The molecule has 2 heteroatoms. The molecule has 1 atom stereocenters. The minimum Gasteiger partial charge on any atom is -0.329 e. The highest BCUT2D eigenvalue weighted by Gasteiger charge is 2.39. The van der Waals surface area contributed by atoms with Gasteiger partial charge in [0.1, 0.15) is 0 Å². The van der Waals surface area contributed by atoms with Crippen LogP contribution in [0.1, 0.15) is 77.6 Å². The van der Waals surface area contributed by atoms with Crippen LogP contribution in [-0.2, 0) is 0 Å². The zero-order valence-corrected chi connectivity index (χ0v) is 12.3. The summed E-state index contributed by atoms with van der Waals surface area (Å²) in [5.41, 5.74) is 6.61. The molecule has 0 spiro atoms. The summed E-state index contributed by atoms with van der Waals surface area (Å²) in [7, 11) is 0. The Bertz CT molecular complexity index is 231. The number of rotatable bonds is 3. The van der Waals surface area contributed by atoms with Crippen LogP contribution in [0.5, 0.6) is 0 Å². The molecule has 106 valence electrons. The van der Waals surface area contributed by atoms with E-state index in [1.165, 1.54) is 77.2 Å². The fourth-order valence-electron chi connectivity index (χ4n) is 4.22. The predicted octanol–water partition coefficient (Wildman–Crippen LogP) is 3.69. The largest absolute Gasteiger partial charge is 0.329 e. The Hall–Kier alpha value is -0.0800. The van der Waals surface area contributed by atoms with Gasteiger partial charge in [-0.1, -0.05) is 45.4 Å². The second-order valence-corrected chi connectivity index (χ2v) is 6.45. The third-order valence-corrected chi connectivity index (χ3v) is 5.37. The van der Waals surface area contributed by atoms with Crippen LogP contribution >= 0.6 is 0 Å². The van der Waals surface area contributed by atoms with Crippen molar-refractivity contribution in [2.24, 2.45) is 5.73 Å². The molecular formula is C16H32N2. The molecule has 2 aliphatic rings. The van der Waals surface area contributed by atoms with Crippen molar-refractivity contribution in [1.29, 1.82) is 0 Å². The Morgan fingerprint density at radius 3 is 2.28 bits per heavy atom. The Kier molecular flexibility index (Phi) is 5.50. The standard InChI is InChI=1S/C16H32N2/c1-2-15-10-6-9-13-18(15)16(14-17)11-7-4-3-5-8-12-16/h15H,2-14,17H2,1H3. The number of hydrogen-bond acceptors (Lipinski definition) is 2. The second-order valence-electron chi connectivity index (χ2n) is 6.45.